The maximum atomic E-state index is 12.3. The third-order valence-corrected chi connectivity index (χ3v) is 5.40. The molecule has 5 aromatic rings. The van der Waals surface area contributed by atoms with Crippen molar-refractivity contribution in [2.75, 3.05) is 17.2 Å². The first kappa shape index (κ1) is 21.4. The van der Waals surface area contributed by atoms with Gasteiger partial charge in [-0.3, -0.25) is 0 Å². The minimum atomic E-state index is -1.17. The Morgan fingerprint density at radius 1 is 0.971 bits per heavy atom. The number of benzene rings is 2. The van der Waals surface area contributed by atoms with Gasteiger partial charge in [0.15, 0.2) is 6.23 Å². The van der Waals surface area contributed by atoms with Gasteiger partial charge in [-0.15, -0.1) is 0 Å². The molecule has 170 valence electrons. The molecule has 9 nitrogen and oxygen atoms in total. The van der Waals surface area contributed by atoms with Crippen LogP contribution < -0.4 is 10.6 Å². The molecule has 3 heterocycles. The van der Waals surface area contributed by atoms with Crippen molar-refractivity contribution < 1.29 is 15.0 Å². The Morgan fingerprint density at radius 3 is 2.44 bits per heavy atom. The quantitative estimate of drug-likeness (QED) is 0.262. The monoisotopic (exact) mass is 454 g/mol. The molecule has 2 aromatic carbocycles. The zero-order valence-corrected chi connectivity index (χ0v) is 18.0. The summed E-state index contributed by atoms with van der Waals surface area (Å²) in [4.78, 5) is 19.7. The molecule has 0 saturated carbocycles. The predicted octanol–water partition coefficient (Wildman–Crippen LogP) is 4.22. The standard InChI is InChI=1S/C25H22N6O3/c32-15-22(33)31-14-21(19-10-12-26-24-20(19)11-13-27-24)23(30-31)16-6-8-18(9-7-16)29-25(34)28-17-4-2-1-3-5-17/h1-14,22,32-33H,15H2,(H,26,27)(H2,28,29,34). The first-order valence-corrected chi connectivity index (χ1v) is 10.7. The van der Waals surface area contributed by atoms with Gasteiger partial charge in [-0.05, 0) is 42.0 Å². The summed E-state index contributed by atoms with van der Waals surface area (Å²) in [7, 11) is 0. The number of pyridine rings is 1. The molecule has 0 radical (unpaired) electrons. The molecule has 0 spiro atoms. The van der Waals surface area contributed by atoms with E-state index in [0.29, 0.717) is 17.1 Å². The molecule has 5 rings (SSSR count). The number of anilines is 2. The molecular formula is C25H22N6O3. The number of carbonyl (C=O) groups is 1. The number of urea groups is 1. The van der Waals surface area contributed by atoms with Crippen molar-refractivity contribution in [3.8, 4) is 22.4 Å². The number of nitrogens with zero attached hydrogens (tertiary/aromatic N) is 3. The highest BCUT2D eigenvalue weighted by atomic mass is 16.3. The molecule has 0 aliphatic heterocycles. The summed E-state index contributed by atoms with van der Waals surface area (Å²) in [6.45, 7) is -0.462. The zero-order valence-electron chi connectivity index (χ0n) is 18.0. The number of aromatic amines is 1. The summed E-state index contributed by atoms with van der Waals surface area (Å²) < 4.78 is 1.34. The van der Waals surface area contributed by atoms with Crippen LogP contribution in [0.3, 0.4) is 0 Å². The number of aliphatic hydroxyl groups is 2. The second-order valence-corrected chi connectivity index (χ2v) is 7.66. The van der Waals surface area contributed by atoms with Crippen LogP contribution in [0.2, 0.25) is 0 Å². The van der Waals surface area contributed by atoms with E-state index < -0.39 is 12.8 Å². The number of fused-ring (bicyclic) bond motifs is 1. The van der Waals surface area contributed by atoms with Crippen LogP contribution in [-0.2, 0) is 0 Å². The smallest absolute Gasteiger partial charge is 0.323 e. The minimum Gasteiger partial charge on any atom is -0.392 e. The molecule has 0 aliphatic carbocycles. The number of nitrogens with one attached hydrogen (secondary N) is 3. The van der Waals surface area contributed by atoms with E-state index in [2.05, 4.69) is 25.7 Å². The predicted molar refractivity (Wildman–Crippen MR) is 130 cm³/mol. The van der Waals surface area contributed by atoms with E-state index in [1.807, 2.05) is 60.8 Å². The summed E-state index contributed by atoms with van der Waals surface area (Å²) in [6.07, 6.45) is 4.06. The summed E-state index contributed by atoms with van der Waals surface area (Å²) >= 11 is 0. The van der Waals surface area contributed by atoms with Crippen LogP contribution in [0.25, 0.3) is 33.4 Å². The lowest BCUT2D eigenvalue weighted by Crippen LogP contribution is -2.19. The molecule has 34 heavy (non-hydrogen) atoms. The van der Waals surface area contributed by atoms with E-state index in [1.165, 1.54) is 4.68 Å². The Bertz CT molecular complexity index is 1430. The van der Waals surface area contributed by atoms with Crippen LogP contribution in [0.5, 0.6) is 0 Å². The second-order valence-electron chi connectivity index (χ2n) is 7.66. The SMILES string of the molecule is O=C(Nc1ccccc1)Nc1ccc(-c2nn(C(O)CO)cc2-c2ccnc3[nH]ccc23)cc1. The minimum absolute atomic E-state index is 0.346. The maximum Gasteiger partial charge on any atom is 0.323 e. The average Bonchev–Trinajstić information content (AvgIpc) is 3.52. The van der Waals surface area contributed by atoms with Gasteiger partial charge in [-0.1, -0.05) is 30.3 Å². The van der Waals surface area contributed by atoms with Crippen LogP contribution in [-0.4, -0.2) is 42.6 Å². The number of H-pyrrole nitrogens is 1. The van der Waals surface area contributed by atoms with Gasteiger partial charge in [0.05, 0.1) is 6.61 Å². The molecule has 2 amide bonds. The van der Waals surface area contributed by atoms with Gasteiger partial charge in [0, 0.05) is 46.5 Å². The molecule has 0 saturated heterocycles. The molecule has 1 unspecified atom stereocenters. The highest BCUT2D eigenvalue weighted by molar-refractivity contribution is 6.00. The molecule has 5 N–H and O–H groups in total. The number of aliphatic hydroxyl groups excluding tert-OH is 2. The number of carbonyl (C=O) groups excluding carboxylic acids is 1. The van der Waals surface area contributed by atoms with Crippen molar-refractivity contribution in [2.24, 2.45) is 0 Å². The largest absolute Gasteiger partial charge is 0.392 e. The Morgan fingerprint density at radius 2 is 1.71 bits per heavy atom. The fourth-order valence-corrected chi connectivity index (χ4v) is 3.76. The number of amides is 2. The Labute approximate surface area is 194 Å². The topological polar surface area (TPSA) is 128 Å². The normalized spacial score (nSPS) is 11.9. The van der Waals surface area contributed by atoms with E-state index in [4.69, 9.17) is 0 Å². The van der Waals surface area contributed by atoms with Crippen molar-refractivity contribution in [1.82, 2.24) is 19.7 Å². The fourth-order valence-electron chi connectivity index (χ4n) is 3.76. The number of hydrogen-bond acceptors (Lipinski definition) is 5. The Balaban J connectivity index is 1.45. The third kappa shape index (κ3) is 4.25. The van der Waals surface area contributed by atoms with Crippen molar-refractivity contribution in [2.45, 2.75) is 6.23 Å². The van der Waals surface area contributed by atoms with E-state index in [0.717, 1.165) is 27.7 Å². The summed E-state index contributed by atoms with van der Waals surface area (Å²) in [5.41, 5.74) is 5.13. The summed E-state index contributed by atoms with van der Waals surface area (Å²) in [5, 5.41) is 30.6. The van der Waals surface area contributed by atoms with E-state index in [-0.39, 0.29) is 6.03 Å². The molecular weight excluding hydrogens is 432 g/mol. The van der Waals surface area contributed by atoms with Gasteiger partial charge >= 0.3 is 6.03 Å². The van der Waals surface area contributed by atoms with Crippen molar-refractivity contribution in [1.29, 1.82) is 0 Å². The number of rotatable bonds is 6. The molecule has 1 atom stereocenters. The van der Waals surface area contributed by atoms with Gasteiger partial charge in [-0.2, -0.15) is 5.10 Å². The lowest BCUT2D eigenvalue weighted by Gasteiger charge is -2.09. The first-order chi connectivity index (χ1) is 16.6. The van der Waals surface area contributed by atoms with Gasteiger partial charge in [-0.25, -0.2) is 14.5 Å². The van der Waals surface area contributed by atoms with E-state index in [9.17, 15) is 15.0 Å². The lowest BCUT2D eigenvalue weighted by molar-refractivity contribution is 0.0296. The number of hydrogen-bond donors (Lipinski definition) is 5. The van der Waals surface area contributed by atoms with Gasteiger partial charge in [0.1, 0.15) is 11.3 Å². The molecule has 0 fully saturated rings. The van der Waals surface area contributed by atoms with E-state index >= 15 is 0 Å². The van der Waals surface area contributed by atoms with Gasteiger partial charge < -0.3 is 25.8 Å². The van der Waals surface area contributed by atoms with Crippen LogP contribution in [0, 0.1) is 0 Å². The summed E-state index contributed by atoms with van der Waals surface area (Å²) in [6, 6.07) is 19.9. The Hall–Kier alpha value is -4.47. The van der Waals surface area contributed by atoms with Crippen LogP contribution >= 0.6 is 0 Å². The van der Waals surface area contributed by atoms with Crippen molar-refractivity contribution in [3.05, 3.63) is 85.3 Å². The van der Waals surface area contributed by atoms with E-state index in [1.54, 1.807) is 24.5 Å². The fraction of sp³-hybridized carbons (Fsp3) is 0.0800. The highest BCUT2D eigenvalue weighted by Crippen LogP contribution is 2.35. The van der Waals surface area contributed by atoms with Crippen molar-refractivity contribution >= 4 is 28.4 Å². The zero-order chi connectivity index (χ0) is 23.5. The van der Waals surface area contributed by atoms with Crippen molar-refractivity contribution in [3.63, 3.8) is 0 Å². The van der Waals surface area contributed by atoms with Crippen LogP contribution in [0.4, 0.5) is 16.2 Å². The molecule has 3 aromatic heterocycles. The first-order valence-electron chi connectivity index (χ1n) is 10.7. The highest BCUT2D eigenvalue weighted by Gasteiger charge is 2.18. The summed E-state index contributed by atoms with van der Waals surface area (Å²) in [5.74, 6) is 0. The van der Waals surface area contributed by atoms with Gasteiger partial charge in [0.2, 0.25) is 0 Å². The maximum absolute atomic E-state index is 12.3. The number of para-hydroxylation sites is 1. The Kier molecular flexibility index (Phi) is 5.77. The molecule has 9 heteroatoms. The third-order valence-electron chi connectivity index (χ3n) is 5.40. The van der Waals surface area contributed by atoms with Gasteiger partial charge in [0.25, 0.3) is 0 Å². The second kappa shape index (κ2) is 9.18. The van der Waals surface area contributed by atoms with Crippen LogP contribution in [0.1, 0.15) is 6.23 Å². The van der Waals surface area contributed by atoms with Crippen LogP contribution in [0.15, 0.2) is 85.3 Å². The molecule has 0 bridgehead atoms. The lowest BCUT2D eigenvalue weighted by atomic mass is 10.0. The number of aromatic nitrogens is 4. The molecule has 0 aliphatic rings. The average molecular weight is 454 g/mol.